The summed E-state index contributed by atoms with van der Waals surface area (Å²) in [6.07, 6.45) is 0. The first-order chi connectivity index (χ1) is 8.22. The second-order valence-corrected chi connectivity index (χ2v) is 4.40. The summed E-state index contributed by atoms with van der Waals surface area (Å²) in [4.78, 5) is 2.03. The standard InChI is InChI=1S/C11H14N4OS/c1-15(7-8-11(12)17-14-13-8)9-5-3-4-6-10(9)16-2/h3-6H,7,12H2,1-2H3. The number of methoxy groups -OCH3 is 1. The summed E-state index contributed by atoms with van der Waals surface area (Å²) < 4.78 is 9.13. The predicted molar refractivity (Wildman–Crippen MR) is 69.4 cm³/mol. The predicted octanol–water partition coefficient (Wildman–Crippen LogP) is 1.77. The molecule has 0 radical (unpaired) electrons. The van der Waals surface area contributed by atoms with Crippen LogP contribution < -0.4 is 15.4 Å². The van der Waals surface area contributed by atoms with Crippen LogP contribution in [-0.4, -0.2) is 23.7 Å². The Hall–Kier alpha value is -1.82. The van der Waals surface area contributed by atoms with Crippen LogP contribution in [0.3, 0.4) is 0 Å². The monoisotopic (exact) mass is 250 g/mol. The molecule has 0 aliphatic carbocycles. The lowest BCUT2D eigenvalue weighted by Gasteiger charge is -2.20. The van der Waals surface area contributed by atoms with Gasteiger partial charge in [0.1, 0.15) is 16.4 Å². The first-order valence-corrected chi connectivity index (χ1v) is 5.90. The van der Waals surface area contributed by atoms with Crippen molar-refractivity contribution in [1.82, 2.24) is 9.59 Å². The van der Waals surface area contributed by atoms with E-state index in [2.05, 4.69) is 9.59 Å². The molecule has 1 aromatic heterocycles. The maximum absolute atomic E-state index is 5.77. The van der Waals surface area contributed by atoms with E-state index >= 15 is 0 Å². The zero-order valence-corrected chi connectivity index (χ0v) is 10.6. The quantitative estimate of drug-likeness (QED) is 0.895. The molecule has 0 saturated heterocycles. The minimum Gasteiger partial charge on any atom is -0.495 e. The molecule has 5 nitrogen and oxygen atoms in total. The van der Waals surface area contributed by atoms with Gasteiger partial charge in [-0.2, -0.15) is 0 Å². The van der Waals surface area contributed by atoms with Crippen molar-refractivity contribution in [3.05, 3.63) is 30.0 Å². The lowest BCUT2D eigenvalue weighted by molar-refractivity contribution is 0.414. The molecule has 0 aliphatic heterocycles. The SMILES string of the molecule is COc1ccccc1N(C)Cc1nnsc1N. The van der Waals surface area contributed by atoms with Crippen molar-refractivity contribution in [1.29, 1.82) is 0 Å². The Morgan fingerprint density at radius 3 is 2.82 bits per heavy atom. The van der Waals surface area contributed by atoms with Crippen LogP contribution in [0.15, 0.2) is 24.3 Å². The first kappa shape index (κ1) is 11.7. The third kappa shape index (κ3) is 2.47. The van der Waals surface area contributed by atoms with E-state index < -0.39 is 0 Å². The van der Waals surface area contributed by atoms with Gasteiger partial charge in [-0.3, -0.25) is 0 Å². The van der Waals surface area contributed by atoms with Crippen LogP contribution in [0.25, 0.3) is 0 Å². The zero-order chi connectivity index (χ0) is 12.3. The maximum atomic E-state index is 5.77. The molecule has 2 aromatic rings. The molecule has 6 heteroatoms. The van der Waals surface area contributed by atoms with E-state index in [9.17, 15) is 0 Å². The van der Waals surface area contributed by atoms with E-state index in [4.69, 9.17) is 10.5 Å². The van der Waals surface area contributed by atoms with Gasteiger partial charge in [0, 0.05) is 18.6 Å². The number of ether oxygens (including phenoxy) is 1. The van der Waals surface area contributed by atoms with Crippen molar-refractivity contribution in [2.24, 2.45) is 0 Å². The van der Waals surface area contributed by atoms with Crippen LogP contribution in [0.1, 0.15) is 5.69 Å². The number of hydrogen-bond donors (Lipinski definition) is 1. The van der Waals surface area contributed by atoms with Crippen LogP contribution in [0.2, 0.25) is 0 Å². The minimum atomic E-state index is 0.614. The Labute approximate surface area is 104 Å². The second-order valence-electron chi connectivity index (χ2n) is 3.61. The number of nitrogens with zero attached hydrogens (tertiary/aromatic N) is 3. The zero-order valence-electron chi connectivity index (χ0n) is 9.75. The summed E-state index contributed by atoms with van der Waals surface area (Å²) in [5.74, 6) is 0.830. The van der Waals surface area contributed by atoms with Crippen molar-refractivity contribution in [3.8, 4) is 5.75 Å². The van der Waals surface area contributed by atoms with E-state index in [0.717, 1.165) is 17.1 Å². The Balaban J connectivity index is 2.20. The largest absolute Gasteiger partial charge is 0.495 e. The number of para-hydroxylation sites is 2. The van der Waals surface area contributed by atoms with Gasteiger partial charge in [-0.15, -0.1) is 5.10 Å². The number of hydrogen-bond acceptors (Lipinski definition) is 6. The average molecular weight is 250 g/mol. The number of rotatable bonds is 4. The summed E-state index contributed by atoms with van der Waals surface area (Å²) in [5.41, 5.74) is 7.57. The Morgan fingerprint density at radius 1 is 1.41 bits per heavy atom. The fourth-order valence-electron chi connectivity index (χ4n) is 1.58. The molecule has 0 bridgehead atoms. The highest BCUT2D eigenvalue weighted by Crippen LogP contribution is 2.28. The average Bonchev–Trinajstić information content (AvgIpc) is 2.75. The van der Waals surface area contributed by atoms with Crippen molar-refractivity contribution < 1.29 is 4.74 Å². The topological polar surface area (TPSA) is 64.3 Å². The summed E-state index contributed by atoms with van der Waals surface area (Å²) in [6.45, 7) is 0.614. The number of aromatic nitrogens is 2. The van der Waals surface area contributed by atoms with Gasteiger partial charge in [0.15, 0.2) is 0 Å². The fourth-order valence-corrected chi connectivity index (χ4v) is 2.02. The van der Waals surface area contributed by atoms with Gasteiger partial charge in [0.25, 0.3) is 0 Å². The number of nitrogen functional groups attached to an aromatic ring is 1. The number of benzene rings is 1. The summed E-state index contributed by atoms with van der Waals surface area (Å²) in [7, 11) is 3.63. The molecular formula is C11H14N4OS. The van der Waals surface area contributed by atoms with Crippen LogP contribution in [0.4, 0.5) is 10.7 Å². The van der Waals surface area contributed by atoms with Crippen LogP contribution in [0, 0.1) is 0 Å². The molecule has 0 spiro atoms. The van der Waals surface area contributed by atoms with Gasteiger partial charge in [-0.25, -0.2) is 0 Å². The van der Waals surface area contributed by atoms with E-state index in [1.807, 2.05) is 36.2 Å². The molecule has 0 saturated carbocycles. The van der Waals surface area contributed by atoms with Crippen molar-refractivity contribution in [2.45, 2.75) is 6.54 Å². The Morgan fingerprint density at radius 2 is 2.18 bits per heavy atom. The fraction of sp³-hybridized carbons (Fsp3) is 0.273. The van der Waals surface area contributed by atoms with Gasteiger partial charge < -0.3 is 15.4 Å². The van der Waals surface area contributed by atoms with Crippen molar-refractivity contribution >= 4 is 22.2 Å². The minimum absolute atomic E-state index is 0.614. The van der Waals surface area contributed by atoms with E-state index in [1.54, 1.807) is 7.11 Å². The lowest BCUT2D eigenvalue weighted by atomic mass is 10.2. The second kappa shape index (κ2) is 5.01. The molecule has 0 unspecified atom stereocenters. The maximum Gasteiger partial charge on any atom is 0.142 e. The van der Waals surface area contributed by atoms with Crippen LogP contribution in [-0.2, 0) is 6.54 Å². The molecule has 2 rings (SSSR count). The summed E-state index contributed by atoms with van der Waals surface area (Å²) >= 11 is 1.21. The Kier molecular flexibility index (Phi) is 3.43. The van der Waals surface area contributed by atoms with E-state index in [0.29, 0.717) is 11.5 Å². The molecule has 1 heterocycles. The molecule has 0 amide bonds. The molecular weight excluding hydrogens is 236 g/mol. The molecule has 17 heavy (non-hydrogen) atoms. The smallest absolute Gasteiger partial charge is 0.142 e. The van der Waals surface area contributed by atoms with E-state index in [-0.39, 0.29) is 0 Å². The van der Waals surface area contributed by atoms with Crippen LogP contribution in [0.5, 0.6) is 5.75 Å². The summed E-state index contributed by atoms with van der Waals surface area (Å²) in [6, 6.07) is 7.83. The van der Waals surface area contributed by atoms with Gasteiger partial charge in [-0.05, 0) is 12.1 Å². The number of anilines is 2. The third-order valence-electron chi connectivity index (χ3n) is 2.47. The third-order valence-corrected chi connectivity index (χ3v) is 3.06. The molecule has 1 aromatic carbocycles. The van der Waals surface area contributed by atoms with E-state index in [1.165, 1.54) is 11.5 Å². The van der Waals surface area contributed by atoms with Crippen molar-refractivity contribution in [3.63, 3.8) is 0 Å². The molecule has 2 N–H and O–H groups in total. The van der Waals surface area contributed by atoms with Gasteiger partial charge in [0.2, 0.25) is 0 Å². The molecule has 90 valence electrons. The first-order valence-electron chi connectivity index (χ1n) is 5.13. The van der Waals surface area contributed by atoms with Crippen LogP contribution >= 0.6 is 11.5 Å². The number of nitrogens with two attached hydrogens (primary N) is 1. The highest BCUT2D eigenvalue weighted by atomic mass is 32.1. The van der Waals surface area contributed by atoms with Crippen molar-refractivity contribution in [2.75, 3.05) is 24.8 Å². The van der Waals surface area contributed by atoms with Gasteiger partial charge >= 0.3 is 0 Å². The lowest BCUT2D eigenvalue weighted by Crippen LogP contribution is -2.18. The van der Waals surface area contributed by atoms with Gasteiger partial charge in [0.05, 0.1) is 19.3 Å². The van der Waals surface area contributed by atoms with Gasteiger partial charge in [-0.1, -0.05) is 16.6 Å². The molecule has 0 fully saturated rings. The highest BCUT2D eigenvalue weighted by molar-refractivity contribution is 7.09. The Bertz CT molecular complexity index is 500. The molecule has 0 atom stereocenters. The molecule has 0 aliphatic rings. The normalized spacial score (nSPS) is 10.2. The highest BCUT2D eigenvalue weighted by Gasteiger charge is 2.11. The summed E-state index contributed by atoms with van der Waals surface area (Å²) in [5, 5.41) is 4.66.